The standard InChI is InChI=1S/C6H6O2S2/c9-7-5-1-2-6(8-10)4-3-5/h1-4,9-10H. The van der Waals surface area contributed by atoms with Crippen molar-refractivity contribution in [3.05, 3.63) is 24.3 Å². The Balaban J connectivity index is 2.80. The van der Waals surface area contributed by atoms with E-state index in [1.54, 1.807) is 24.3 Å². The van der Waals surface area contributed by atoms with Gasteiger partial charge in [0.05, 0.1) is 0 Å². The summed E-state index contributed by atoms with van der Waals surface area (Å²) in [6.45, 7) is 0. The average Bonchev–Trinajstić information content (AvgIpc) is 2.05. The van der Waals surface area contributed by atoms with Gasteiger partial charge >= 0.3 is 0 Å². The smallest absolute Gasteiger partial charge is 0.137 e. The Morgan fingerprint density at radius 1 is 0.800 bits per heavy atom. The van der Waals surface area contributed by atoms with Crippen molar-refractivity contribution >= 4 is 25.8 Å². The predicted molar refractivity (Wildman–Crippen MR) is 45.7 cm³/mol. The molecule has 0 bridgehead atoms. The van der Waals surface area contributed by atoms with Crippen LogP contribution in [-0.4, -0.2) is 0 Å². The molecule has 0 unspecified atom stereocenters. The summed E-state index contributed by atoms with van der Waals surface area (Å²) in [7, 11) is 0. The Hall–Kier alpha value is -0.480. The first kappa shape index (κ1) is 7.63. The van der Waals surface area contributed by atoms with Crippen LogP contribution in [0.5, 0.6) is 11.5 Å². The molecule has 2 nitrogen and oxygen atoms in total. The Morgan fingerprint density at radius 3 is 1.30 bits per heavy atom. The van der Waals surface area contributed by atoms with Crippen molar-refractivity contribution in [3.63, 3.8) is 0 Å². The van der Waals surface area contributed by atoms with Crippen molar-refractivity contribution in [2.75, 3.05) is 0 Å². The van der Waals surface area contributed by atoms with Gasteiger partial charge in [0.15, 0.2) is 0 Å². The lowest BCUT2D eigenvalue weighted by molar-refractivity contribution is 0.640. The molecule has 0 atom stereocenters. The zero-order chi connectivity index (χ0) is 7.40. The van der Waals surface area contributed by atoms with E-state index in [9.17, 15) is 0 Å². The molecule has 0 fully saturated rings. The molecule has 0 radical (unpaired) electrons. The summed E-state index contributed by atoms with van der Waals surface area (Å²) in [5.41, 5.74) is 0. The second kappa shape index (κ2) is 3.63. The van der Waals surface area contributed by atoms with Gasteiger partial charge in [-0.2, -0.15) is 0 Å². The van der Waals surface area contributed by atoms with E-state index < -0.39 is 0 Å². The third kappa shape index (κ3) is 1.75. The molecular weight excluding hydrogens is 168 g/mol. The molecule has 0 saturated heterocycles. The third-order valence-corrected chi connectivity index (χ3v) is 1.46. The molecule has 0 aliphatic carbocycles. The Morgan fingerprint density at radius 2 is 1.10 bits per heavy atom. The number of hydrogen-bond acceptors (Lipinski definition) is 4. The fraction of sp³-hybridized carbons (Fsp3) is 0. The number of benzene rings is 1. The summed E-state index contributed by atoms with van der Waals surface area (Å²) in [4.78, 5) is 0. The van der Waals surface area contributed by atoms with Crippen LogP contribution in [0.3, 0.4) is 0 Å². The van der Waals surface area contributed by atoms with Gasteiger partial charge in [-0.15, -0.1) is 0 Å². The van der Waals surface area contributed by atoms with E-state index in [1.165, 1.54) is 0 Å². The maximum atomic E-state index is 4.63. The Labute approximate surface area is 70.4 Å². The van der Waals surface area contributed by atoms with Crippen molar-refractivity contribution < 1.29 is 8.37 Å². The first-order valence-electron chi connectivity index (χ1n) is 2.59. The minimum atomic E-state index is 0.678. The fourth-order valence-electron chi connectivity index (χ4n) is 0.561. The number of hydrogen-bond donors (Lipinski definition) is 2. The summed E-state index contributed by atoms with van der Waals surface area (Å²) < 4.78 is 9.26. The van der Waals surface area contributed by atoms with E-state index in [0.717, 1.165) is 0 Å². The molecule has 0 aliphatic rings. The minimum absolute atomic E-state index is 0.678. The van der Waals surface area contributed by atoms with Crippen LogP contribution in [0.2, 0.25) is 0 Å². The van der Waals surface area contributed by atoms with Gasteiger partial charge in [0.2, 0.25) is 0 Å². The van der Waals surface area contributed by atoms with Crippen LogP contribution in [0.4, 0.5) is 0 Å². The van der Waals surface area contributed by atoms with Crippen LogP contribution in [0.15, 0.2) is 24.3 Å². The highest BCUT2D eigenvalue weighted by molar-refractivity contribution is 7.75. The highest BCUT2D eigenvalue weighted by Crippen LogP contribution is 2.18. The molecule has 0 N–H and O–H groups in total. The molecular formula is C6H6O2S2. The number of thiol groups is 2. The van der Waals surface area contributed by atoms with E-state index in [2.05, 4.69) is 34.2 Å². The molecule has 0 saturated carbocycles. The third-order valence-electron chi connectivity index (χ3n) is 1.03. The van der Waals surface area contributed by atoms with Crippen LogP contribution in [0.25, 0.3) is 0 Å². The molecule has 0 aliphatic heterocycles. The molecule has 10 heavy (non-hydrogen) atoms. The summed E-state index contributed by atoms with van der Waals surface area (Å²) >= 11 is 7.23. The van der Waals surface area contributed by atoms with E-state index >= 15 is 0 Å². The zero-order valence-electron chi connectivity index (χ0n) is 5.02. The summed E-state index contributed by atoms with van der Waals surface area (Å²) in [6, 6.07) is 6.94. The average molecular weight is 174 g/mol. The summed E-state index contributed by atoms with van der Waals surface area (Å²) in [6.07, 6.45) is 0. The van der Waals surface area contributed by atoms with Crippen LogP contribution in [0.1, 0.15) is 0 Å². The summed E-state index contributed by atoms with van der Waals surface area (Å²) in [5, 5.41) is 0. The van der Waals surface area contributed by atoms with Gasteiger partial charge in [-0.05, 0) is 24.3 Å². The Bertz CT molecular complexity index is 174. The molecule has 1 aromatic carbocycles. The van der Waals surface area contributed by atoms with E-state index in [0.29, 0.717) is 11.5 Å². The minimum Gasteiger partial charge on any atom is -0.429 e. The molecule has 0 amide bonds. The maximum Gasteiger partial charge on any atom is 0.137 e. The van der Waals surface area contributed by atoms with Gasteiger partial charge in [-0.1, -0.05) is 0 Å². The predicted octanol–water partition coefficient (Wildman–Crippen LogP) is 2.13. The van der Waals surface area contributed by atoms with Crippen molar-refractivity contribution in [1.82, 2.24) is 0 Å². The van der Waals surface area contributed by atoms with Crippen LogP contribution < -0.4 is 8.37 Å². The monoisotopic (exact) mass is 174 g/mol. The topological polar surface area (TPSA) is 18.5 Å². The molecule has 1 aromatic rings. The van der Waals surface area contributed by atoms with E-state index in [1.807, 2.05) is 0 Å². The van der Waals surface area contributed by atoms with Gasteiger partial charge in [0.1, 0.15) is 11.5 Å². The molecule has 0 aromatic heterocycles. The van der Waals surface area contributed by atoms with Crippen LogP contribution >= 0.6 is 25.8 Å². The van der Waals surface area contributed by atoms with Crippen molar-refractivity contribution in [3.8, 4) is 11.5 Å². The zero-order valence-corrected chi connectivity index (χ0v) is 6.81. The van der Waals surface area contributed by atoms with Gasteiger partial charge in [0, 0.05) is 25.8 Å². The Kier molecular flexibility index (Phi) is 2.77. The SMILES string of the molecule is SOc1ccc(OS)cc1. The van der Waals surface area contributed by atoms with Gasteiger partial charge < -0.3 is 8.37 Å². The largest absolute Gasteiger partial charge is 0.429 e. The maximum absolute atomic E-state index is 4.63. The molecule has 0 spiro atoms. The van der Waals surface area contributed by atoms with Gasteiger partial charge in [-0.3, -0.25) is 0 Å². The summed E-state index contributed by atoms with van der Waals surface area (Å²) in [5.74, 6) is 1.36. The normalized spacial score (nSPS) is 9.00. The van der Waals surface area contributed by atoms with Crippen LogP contribution in [-0.2, 0) is 0 Å². The fourth-order valence-corrected chi connectivity index (χ4v) is 0.805. The molecule has 54 valence electrons. The van der Waals surface area contributed by atoms with E-state index in [-0.39, 0.29) is 0 Å². The quantitative estimate of drug-likeness (QED) is 0.528. The lowest BCUT2D eigenvalue weighted by atomic mass is 10.3. The highest BCUT2D eigenvalue weighted by Gasteiger charge is 1.91. The molecule has 0 heterocycles. The number of rotatable bonds is 2. The highest BCUT2D eigenvalue weighted by atomic mass is 32.1. The molecule has 4 heteroatoms. The van der Waals surface area contributed by atoms with Crippen molar-refractivity contribution in [2.45, 2.75) is 0 Å². The lowest BCUT2D eigenvalue weighted by Gasteiger charge is -1.98. The van der Waals surface area contributed by atoms with Crippen LogP contribution in [0, 0.1) is 0 Å². The van der Waals surface area contributed by atoms with Crippen molar-refractivity contribution in [2.24, 2.45) is 0 Å². The molecule has 1 rings (SSSR count). The first-order valence-corrected chi connectivity index (χ1v) is 3.33. The first-order chi connectivity index (χ1) is 4.86. The second-order valence-electron chi connectivity index (χ2n) is 1.65. The van der Waals surface area contributed by atoms with Crippen molar-refractivity contribution in [1.29, 1.82) is 0 Å². The lowest BCUT2D eigenvalue weighted by Crippen LogP contribution is -1.76. The van der Waals surface area contributed by atoms with Gasteiger partial charge in [-0.25, -0.2) is 0 Å². The van der Waals surface area contributed by atoms with Gasteiger partial charge in [0.25, 0.3) is 0 Å². The second-order valence-corrected chi connectivity index (χ2v) is 2.02. The van der Waals surface area contributed by atoms with E-state index in [4.69, 9.17) is 0 Å².